The number of benzene rings is 1. The van der Waals surface area contributed by atoms with Crippen LogP contribution in [0.4, 0.5) is 4.79 Å². The molecule has 1 aromatic rings. The molecule has 0 aromatic heterocycles. The standard InChI is InChI=1S/C21H25N3O4/c1-24(10-9-18(22)23-21(24)26)19-8-7-17(28-19)13-27-20(25)12-14-5-6-15-3-2-4-16(15)11-14/h5-6,9-11,17,19H,2-4,7-8,12-13H2,1H3,(H-,22,23,26)/p+1. The number of rotatable bonds is 5. The number of hydrogen-bond donors (Lipinski definition) is 1. The summed E-state index contributed by atoms with van der Waals surface area (Å²) in [6.07, 6.45) is 7.87. The first-order valence-electron chi connectivity index (χ1n) is 9.79. The van der Waals surface area contributed by atoms with Gasteiger partial charge >= 0.3 is 12.0 Å². The molecule has 2 aliphatic heterocycles. The Hall–Kier alpha value is -2.51. The van der Waals surface area contributed by atoms with Gasteiger partial charge in [0.15, 0.2) is 0 Å². The number of nitrogens with zero attached hydrogens (tertiary/aromatic N) is 2. The quantitative estimate of drug-likeness (QED) is 0.621. The van der Waals surface area contributed by atoms with Crippen molar-refractivity contribution in [2.45, 2.75) is 50.9 Å². The van der Waals surface area contributed by atoms with Crippen molar-refractivity contribution in [3.05, 3.63) is 47.2 Å². The summed E-state index contributed by atoms with van der Waals surface area (Å²) >= 11 is 0. The van der Waals surface area contributed by atoms with Gasteiger partial charge in [-0.2, -0.15) is 4.48 Å². The van der Waals surface area contributed by atoms with Gasteiger partial charge in [0.25, 0.3) is 0 Å². The Morgan fingerprint density at radius 2 is 2.14 bits per heavy atom. The molecule has 3 unspecified atom stereocenters. The van der Waals surface area contributed by atoms with E-state index < -0.39 is 0 Å². The van der Waals surface area contributed by atoms with Crippen LogP contribution in [0, 0.1) is 0 Å². The number of aryl methyl sites for hydroxylation is 2. The fourth-order valence-corrected chi connectivity index (χ4v) is 4.11. The van der Waals surface area contributed by atoms with Crippen molar-refractivity contribution in [2.75, 3.05) is 13.7 Å². The molecule has 1 fully saturated rings. The van der Waals surface area contributed by atoms with Crippen LogP contribution in [-0.2, 0) is 33.5 Å². The van der Waals surface area contributed by atoms with Crippen LogP contribution in [0.25, 0.3) is 0 Å². The van der Waals surface area contributed by atoms with Crippen LogP contribution < -0.4 is 5.73 Å². The van der Waals surface area contributed by atoms with Crippen LogP contribution in [0.2, 0.25) is 0 Å². The molecule has 0 radical (unpaired) electrons. The van der Waals surface area contributed by atoms with Crippen molar-refractivity contribution in [3.8, 4) is 0 Å². The molecule has 3 atom stereocenters. The maximum atomic E-state index is 12.3. The van der Waals surface area contributed by atoms with Crippen LogP contribution in [0.5, 0.6) is 0 Å². The highest BCUT2D eigenvalue weighted by Crippen LogP contribution is 2.30. The fraction of sp³-hybridized carbons (Fsp3) is 0.476. The van der Waals surface area contributed by atoms with Crippen molar-refractivity contribution in [1.82, 2.24) is 0 Å². The Kier molecular flexibility index (Phi) is 5.03. The first kappa shape index (κ1) is 18.8. The van der Waals surface area contributed by atoms with Gasteiger partial charge < -0.3 is 15.2 Å². The second kappa shape index (κ2) is 7.48. The van der Waals surface area contributed by atoms with E-state index in [-0.39, 0.29) is 47.7 Å². The molecule has 2 amide bonds. The SMILES string of the molecule is C[N+]1(C2CCC(COC(=O)Cc3ccc4c(c3)CCC4)O2)C=CC(N)=NC1=O. The van der Waals surface area contributed by atoms with Crippen molar-refractivity contribution < 1.29 is 23.5 Å². The number of urea groups is 1. The molecule has 0 bridgehead atoms. The van der Waals surface area contributed by atoms with E-state index in [1.807, 2.05) is 6.07 Å². The van der Waals surface area contributed by atoms with Gasteiger partial charge in [0.1, 0.15) is 18.6 Å². The second-order valence-corrected chi connectivity index (χ2v) is 7.89. The zero-order valence-electron chi connectivity index (χ0n) is 16.1. The monoisotopic (exact) mass is 384 g/mol. The Bertz CT molecular complexity index is 863. The Labute approximate surface area is 164 Å². The number of nitrogens with two attached hydrogens (primary N) is 1. The maximum Gasteiger partial charge on any atom is 0.451 e. The van der Waals surface area contributed by atoms with E-state index in [4.69, 9.17) is 15.2 Å². The number of amidine groups is 1. The predicted molar refractivity (Wildman–Crippen MR) is 103 cm³/mol. The lowest BCUT2D eigenvalue weighted by atomic mass is 10.0. The van der Waals surface area contributed by atoms with Crippen molar-refractivity contribution >= 4 is 17.8 Å². The van der Waals surface area contributed by atoms with E-state index in [0.29, 0.717) is 6.42 Å². The van der Waals surface area contributed by atoms with E-state index in [1.54, 1.807) is 19.3 Å². The summed E-state index contributed by atoms with van der Waals surface area (Å²) in [4.78, 5) is 28.3. The van der Waals surface area contributed by atoms with Crippen LogP contribution >= 0.6 is 0 Å². The molecule has 0 spiro atoms. The Morgan fingerprint density at radius 3 is 2.96 bits per heavy atom. The zero-order valence-corrected chi connectivity index (χ0v) is 16.1. The summed E-state index contributed by atoms with van der Waals surface area (Å²) in [6, 6.07) is 5.91. The summed E-state index contributed by atoms with van der Waals surface area (Å²) in [5.41, 5.74) is 9.32. The lowest BCUT2D eigenvalue weighted by molar-refractivity contribution is -0.830. The normalized spacial score (nSPS) is 28.9. The summed E-state index contributed by atoms with van der Waals surface area (Å²) in [5, 5.41) is 0. The van der Waals surface area contributed by atoms with Gasteiger partial charge in [0.2, 0.25) is 6.23 Å². The average Bonchev–Trinajstić information content (AvgIpc) is 3.32. The largest absolute Gasteiger partial charge is 0.463 e. The van der Waals surface area contributed by atoms with Gasteiger partial charge in [-0.25, -0.2) is 4.79 Å². The van der Waals surface area contributed by atoms with Crippen LogP contribution in [-0.4, -0.2) is 48.3 Å². The van der Waals surface area contributed by atoms with Gasteiger partial charge in [-0.1, -0.05) is 18.2 Å². The molecule has 7 heteroatoms. The molecule has 2 N–H and O–H groups in total. The molecule has 1 aliphatic carbocycles. The van der Waals surface area contributed by atoms with Crippen LogP contribution in [0.3, 0.4) is 0 Å². The van der Waals surface area contributed by atoms with Crippen LogP contribution in [0.15, 0.2) is 35.5 Å². The third-order valence-corrected chi connectivity index (χ3v) is 5.82. The number of fused-ring (bicyclic) bond motifs is 1. The number of carbonyl (C=O) groups is 2. The number of carbonyl (C=O) groups excluding carboxylic acids is 2. The van der Waals surface area contributed by atoms with Gasteiger partial charge in [0, 0.05) is 12.5 Å². The van der Waals surface area contributed by atoms with E-state index in [9.17, 15) is 9.59 Å². The van der Waals surface area contributed by atoms with Crippen molar-refractivity contribution in [3.63, 3.8) is 0 Å². The van der Waals surface area contributed by atoms with Crippen molar-refractivity contribution in [2.24, 2.45) is 10.7 Å². The summed E-state index contributed by atoms with van der Waals surface area (Å²) in [5.74, 6) is -0.0488. The highest BCUT2D eigenvalue weighted by Gasteiger charge is 2.46. The summed E-state index contributed by atoms with van der Waals surface area (Å²) < 4.78 is 11.4. The molecule has 2 heterocycles. The minimum atomic E-state index is -0.348. The predicted octanol–water partition coefficient (Wildman–Crippen LogP) is 2.22. The highest BCUT2D eigenvalue weighted by atomic mass is 16.6. The zero-order chi connectivity index (χ0) is 19.7. The lowest BCUT2D eigenvalue weighted by Gasteiger charge is -2.32. The number of ether oxygens (including phenoxy) is 2. The van der Waals surface area contributed by atoms with Gasteiger partial charge in [-0.15, -0.1) is 4.99 Å². The second-order valence-electron chi connectivity index (χ2n) is 7.89. The molecule has 1 saturated heterocycles. The number of amides is 2. The number of esters is 1. The molecule has 28 heavy (non-hydrogen) atoms. The molecular weight excluding hydrogens is 358 g/mol. The fourth-order valence-electron chi connectivity index (χ4n) is 4.11. The molecule has 3 aliphatic rings. The summed E-state index contributed by atoms with van der Waals surface area (Å²) in [7, 11) is 1.75. The first-order chi connectivity index (χ1) is 13.4. The minimum absolute atomic E-state index is 0.0692. The number of aliphatic imine (C=N–C) groups is 1. The molecule has 148 valence electrons. The molecule has 1 aromatic carbocycles. The maximum absolute atomic E-state index is 12.3. The van der Waals surface area contributed by atoms with E-state index in [0.717, 1.165) is 24.8 Å². The van der Waals surface area contributed by atoms with Gasteiger partial charge in [-0.05, 0) is 42.4 Å². The van der Waals surface area contributed by atoms with Gasteiger partial charge in [0.05, 0.1) is 19.6 Å². The van der Waals surface area contributed by atoms with E-state index in [2.05, 4.69) is 17.1 Å². The van der Waals surface area contributed by atoms with E-state index in [1.165, 1.54) is 17.5 Å². The highest BCUT2D eigenvalue weighted by molar-refractivity contribution is 5.99. The van der Waals surface area contributed by atoms with Gasteiger partial charge in [-0.3, -0.25) is 4.79 Å². The topological polar surface area (TPSA) is 91.0 Å². The summed E-state index contributed by atoms with van der Waals surface area (Å²) in [6.45, 7) is 0.198. The molecular formula is C21H26N3O4+. The number of quaternary nitrogens is 1. The molecule has 4 rings (SSSR count). The van der Waals surface area contributed by atoms with Crippen LogP contribution in [0.1, 0.15) is 36.0 Å². The molecule has 7 nitrogen and oxygen atoms in total. The lowest BCUT2D eigenvalue weighted by Crippen LogP contribution is -2.53. The minimum Gasteiger partial charge on any atom is -0.463 e. The average molecular weight is 384 g/mol. The third-order valence-electron chi connectivity index (χ3n) is 5.82. The number of hydrogen-bond acceptors (Lipinski definition) is 5. The Morgan fingerprint density at radius 1 is 1.32 bits per heavy atom. The van der Waals surface area contributed by atoms with Crippen molar-refractivity contribution in [1.29, 1.82) is 0 Å². The molecule has 0 saturated carbocycles. The smallest absolute Gasteiger partial charge is 0.451 e. The first-order valence-corrected chi connectivity index (χ1v) is 9.79. The Balaban J connectivity index is 1.27. The third kappa shape index (κ3) is 3.72. The van der Waals surface area contributed by atoms with E-state index >= 15 is 0 Å².